The minimum absolute atomic E-state index is 0.0448. The number of hydrogen-bond donors (Lipinski definition) is 1. The standard InChI is InChI=1S/C19H21FN2O3S/c1-12(2)19(18(24)25)6-7-22(11-19)16(23)9-15-10-26-17(21-15)13-4-3-5-14(20)8-13/h3-5,8,10,12H,6-7,9,11H2,1-2H3,(H,24,25). The lowest BCUT2D eigenvalue weighted by Crippen LogP contribution is -2.41. The first kappa shape index (κ1) is 18.5. The van der Waals surface area contributed by atoms with Gasteiger partial charge in [-0.25, -0.2) is 9.37 Å². The van der Waals surface area contributed by atoms with Crippen molar-refractivity contribution in [3.05, 3.63) is 41.2 Å². The number of rotatable bonds is 5. The van der Waals surface area contributed by atoms with Crippen molar-refractivity contribution in [2.24, 2.45) is 11.3 Å². The van der Waals surface area contributed by atoms with E-state index in [-0.39, 0.29) is 30.6 Å². The van der Waals surface area contributed by atoms with Crippen molar-refractivity contribution >= 4 is 23.2 Å². The molecular weight excluding hydrogens is 355 g/mol. The summed E-state index contributed by atoms with van der Waals surface area (Å²) >= 11 is 1.36. The SMILES string of the molecule is CC(C)C1(C(=O)O)CCN(C(=O)Cc2csc(-c3cccc(F)c3)n2)C1. The summed E-state index contributed by atoms with van der Waals surface area (Å²) in [6, 6.07) is 6.18. The molecule has 1 aliphatic rings. The fourth-order valence-electron chi connectivity index (χ4n) is 3.35. The minimum atomic E-state index is -0.871. The molecule has 0 aliphatic carbocycles. The fraction of sp³-hybridized carbons (Fsp3) is 0.421. The van der Waals surface area contributed by atoms with Crippen LogP contribution in [0, 0.1) is 17.2 Å². The third-order valence-electron chi connectivity index (χ3n) is 5.14. The van der Waals surface area contributed by atoms with Crippen LogP contribution in [0.1, 0.15) is 26.0 Å². The Morgan fingerprint density at radius 2 is 2.19 bits per heavy atom. The zero-order valence-corrected chi connectivity index (χ0v) is 15.6. The molecule has 1 unspecified atom stereocenters. The maximum absolute atomic E-state index is 13.3. The van der Waals surface area contributed by atoms with Crippen molar-refractivity contribution < 1.29 is 19.1 Å². The highest BCUT2D eigenvalue weighted by atomic mass is 32.1. The number of likely N-dealkylation sites (tertiary alicyclic amines) is 1. The van der Waals surface area contributed by atoms with E-state index in [1.54, 1.807) is 22.4 Å². The first-order chi connectivity index (χ1) is 12.3. The molecule has 1 atom stereocenters. The molecule has 2 aromatic rings. The summed E-state index contributed by atoms with van der Waals surface area (Å²) in [6.45, 7) is 4.45. The van der Waals surface area contributed by atoms with Crippen LogP contribution in [0.2, 0.25) is 0 Å². The van der Waals surface area contributed by atoms with Crippen molar-refractivity contribution in [3.8, 4) is 10.6 Å². The molecule has 1 aliphatic heterocycles. The summed E-state index contributed by atoms with van der Waals surface area (Å²) in [6.07, 6.45) is 0.594. The average Bonchev–Trinajstić information content (AvgIpc) is 3.22. The fourth-order valence-corrected chi connectivity index (χ4v) is 4.16. The number of carboxylic acids is 1. The van der Waals surface area contributed by atoms with Gasteiger partial charge in [-0.15, -0.1) is 11.3 Å². The molecule has 7 heteroatoms. The van der Waals surface area contributed by atoms with E-state index in [1.165, 1.54) is 23.5 Å². The Morgan fingerprint density at radius 1 is 1.42 bits per heavy atom. The number of amides is 1. The van der Waals surface area contributed by atoms with Crippen LogP contribution in [0.3, 0.4) is 0 Å². The Bertz CT molecular complexity index is 836. The van der Waals surface area contributed by atoms with Crippen molar-refractivity contribution in [2.45, 2.75) is 26.7 Å². The van der Waals surface area contributed by atoms with Crippen LogP contribution in [0.25, 0.3) is 10.6 Å². The van der Waals surface area contributed by atoms with E-state index in [0.717, 1.165) is 0 Å². The summed E-state index contributed by atoms with van der Waals surface area (Å²) in [4.78, 5) is 30.3. The lowest BCUT2D eigenvalue weighted by Gasteiger charge is -2.28. The maximum Gasteiger partial charge on any atom is 0.311 e. The van der Waals surface area contributed by atoms with Gasteiger partial charge in [0.2, 0.25) is 5.91 Å². The highest BCUT2D eigenvalue weighted by Crippen LogP contribution is 2.38. The Kier molecular flexibility index (Phi) is 5.09. The highest BCUT2D eigenvalue weighted by molar-refractivity contribution is 7.13. The molecule has 0 radical (unpaired) electrons. The summed E-state index contributed by atoms with van der Waals surface area (Å²) < 4.78 is 13.3. The summed E-state index contributed by atoms with van der Waals surface area (Å²) in [7, 11) is 0. The first-order valence-electron chi connectivity index (χ1n) is 8.53. The molecule has 1 aromatic heterocycles. The van der Waals surface area contributed by atoms with Crippen LogP contribution in [0.5, 0.6) is 0 Å². The summed E-state index contributed by atoms with van der Waals surface area (Å²) in [5, 5.41) is 12.1. The quantitative estimate of drug-likeness (QED) is 0.868. The van der Waals surface area contributed by atoms with E-state index in [4.69, 9.17) is 0 Å². The van der Waals surface area contributed by atoms with Crippen molar-refractivity contribution in [1.29, 1.82) is 0 Å². The maximum atomic E-state index is 13.3. The van der Waals surface area contributed by atoms with E-state index in [2.05, 4.69) is 4.98 Å². The van der Waals surface area contributed by atoms with Crippen LogP contribution >= 0.6 is 11.3 Å². The minimum Gasteiger partial charge on any atom is -0.481 e. The molecule has 0 bridgehead atoms. The van der Waals surface area contributed by atoms with Gasteiger partial charge < -0.3 is 10.0 Å². The molecule has 26 heavy (non-hydrogen) atoms. The van der Waals surface area contributed by atoms with Crippen LogP contribution in [-0.2, 0) is 16.0 Å². The molecule has 0 saturated carbocycles. The number of aromatic nitrogens is 1. The number of carboxylic acid groups (broad SMARTS) is 1. The number of carbonyl (C=O) groups excluding carboxylic acids is 1. The predicted octanol–water partition coefficient (Wildman–Crippen LogP) is 3.45. The summed E-state index contributed by atoms with van der Waals surface area (Å²) in [5.41, 5.74) is 0.431. The van der Waals surface area contributed by atoms with Gasteiger partial charge >= 0.3 is 5.97 Å². The van der Waals surface area contributed by atoms with E-state index in [1.807, 2.05) is 13.8 Å². The van der Waals surface area contributed by atoms with Crippen LogP contribution in [-0.4, -0.2) is 40.0 Å². The van der Waals surface area contributed by atoms with Crippen LogP contribution in [0.4, 0.5) is 4.39 Å². The van der Waals surface area contributed by atoms with Crippen molar-refractivity contribution in [1.82, 2.24) is 9.88 Å². The number of halogens is 1. The van der Waals surface area contributed by atoms with Crippen LogP contribution in [0.15, 0.2) is 29.6 Å². The number of hydrogen-bond acceptors (Lipinski definition) is 4. The van der Waals surface area contributed by atoms with Gasteiger partial charge in [-0.05, 0) is 24.5 Å². The number of thiazole rings is 1. The number of aliphatic carboxylic acids is 1. The molecule has 5 nitrogen and oxygen atoms in total. The molecule has 1 N–H and O–H groups in total. The highest BCUT2D eigenvalue weighted by Gasteiger charge is 2.48. The van der Waals surface area contributed by atoms with Gasteiger partial charge in [-0.3, -0.25) is 9.59 Å². The predicted molar refractivity (Wildman–Crippen MR) is 97.3 cm³/mol. The Hall–Kier alpha value is -2.28. The van der Waals surface area contributed by atoms with Gasteiger partial charge in [0.25, 0.3) is 0 Å². The van der Waals surface area contributed by atoms with Crippen molar-refractivity contribution in [3.63, 3.8) is 0 Å². The van der Waals surface area contributed by atoms with Gasteiger partial charge in [0.15, 0.2) is 0 Å². The Labute approximate surface area is 155 Å². The second kappa shape index (κ2) is 7.15. The third-order valence-corrected chi connectivity index (χ3v) is 6.08. The van der Waals surface area contributed by atoms with E-state index >= 15 is 0 Å². The average molecular weight is 376 g/mol. The number of carbonyl (C=O) groups is 2. The first-order valence-corrected chi connectivity index (χ1v) is 9.41. The smallest absolute Gasteiger partial charge is 0.311 e. The zero-order valence-electron chi connectivity index (χ0n) is 14.7. The van der Waals surface area contributed by atoms with Gasteiger partial charge in [0.05, 0.1) is 17.5 Å². The van der Waals surface area contributed by atoms with Gasteiger partial charge in [-0.1, -0.05) is 26.0 Å². The zero-order chi connectivity index (χ0) is 18.9. The van der Waals surface area contributed by atoms with Crippen molar-refractivity contribution in [2.75, 3.05) is 13.1 Å². The molecule has 138 valence electrons. The van der Waals surface area contributed by atoms with E-state index < -0.39 is 11.4 Å². The molecule has 2 heterocycles. The molecular formula is C19H21FN2O3S. The number of benzene rings is 1. The molecule has 3 rings (SSSR count). The normalized spacial score (nSPS) is 19.9. The van der Waals surface area contributed by atoms with E-state index in [0.29, 0.717) is 29.2 Å². The largest absolute Gasteiger partial charge is 0.481 e. The third kappa shape index (κ3) is 3.49. The monoisotopic (exact) mass is 376 g/mol. The molecule has 1 aromatic carbocycles. The molecule has 1 fully saturated rings. The van der Waals surface area contributed by atoms with E-state index in [9.17, 15) is 19.1 Å². The van der Waals surface area contributed by atoms with Gasteiger partial charge in [0.1, 0.15) is 10.8 Å². The Balaban J connectivity index is 1.69. The lowest BCUT2D eigenvalue weighted by molar-refractivity contribution is -0.151. The second-order valence-electron chi connectivity index (χ2n) is 7.01. The van der Waals surface area contributed by atoms with Gasteiger partial charge in [0, 0.05) is 24.0 Å². The molecule has 1 saturated heterocycles. The van der Waals surface area contributed by atoms with Crippen LogP contribution < -0.4 is 0 Å². The lowest BCUT2D eigenvalue weighted by atomic mass is 9.76. The second-order valence-corrected chi connectivity index (χ2v) is 7.87. The Morgan fingerprint density at radius 3 is 2.81 bits per heavy atom. The topological polar surface area (TPSA) is 70.5 Å². The molecule has 1 amide bonds. The number of nitrogens with zero attached hydrogens (tertiary/aromatic N) is 2. The van der Waals surface area contributed by atoms with Gasteiger partial charge in [-0.2, -0.15) is 0 Å². The summed E-state index contributed by atoms with van der Waals surface area (Å²) in [5.74, 6) is -1.34. The molecule has 0 spiro atoms.